The van der Waals surface area contributed by atoms with E-state index in [1.807, 2.05) is 0 Å². The van der Waals surface area contributed by atoms with Gasteiger partial charge in [0, 0.05) is 17.7 Å². The van der Waals surface area contributed by atoms with E-state index in [-0.39, 0.29) is 16.9 Å². The molecule has 2 rings (SSSR count). The van der Waals surface area contributed by atoms with Crippen molar-refractivity contribution in [1.82, 2.24) is 10.2 Å². The van der Waals surface area contributed by atoms with Crippen molar-refractivity contribution in [3.63, 3.8) is 0 Å². The number of benzene rings is 1. The first-order valence-electron chi connectivity index (χ1n) is 5.21. The lowest BCUT2D eigenvalue weighted by atomic mass is 10.1. The predicted octanol–water partition coefficient (Wildman–Crippen LogP) is 2.36. The SMILES string of the molecule is O=c1[nH]nc(-c2ccc([N+](=O)[O-])cc2)cc1C(F)(F)F. The first-order valence-corrected chi connectivity index (χ1v) is 5.21. The van der Waals surface area contributed by atoms with Crippen LogP contribution in [-0.4, -0.2) is 15.1 Å². The van der Waals surface area contributed by atoms with Crippen LogP contribution in [0.15, 0.2) is 35.1 Å². The van der Waals surface area contributed by atoms with Gasteiger partial charge in [-0.25, -0.2) is 5.10 Å². The number of nitro benzene ring substituents is 1. The molecule has 1 heterocycles. The number of H-pyrrole nitrogens is 1. The Kier molecular flexibility index (Phi) is 3.26. The Bertz CT molecular complexity index is 707. The van der Waals surface area contributed by atoms with Gasteiger partial charge in [-0.2, -0.15) is 18.3 Å². The smallest absolute Gasteiger partial charge is 0.267 e. The van der Waals surface area contributed by atoms with Crippen LogP contribution in [0, 0.1) is 10.1 Å². The third-order valence-electron chi connectivity index (χ3n) is 2.48. The molecule has 0 aliphatic carbocycles. The third kappa shape index (κ3) is 2.66. The minimum atomic E-state index is -4.80. The summed E-state index contributed by atoms with van der Waals surface area (Å²) in [5, 5.41) is 15.7. The quantitative estimate of drug-likeness (QED) is 0.677. The maximum atomic E-state index is 12.6. The lowest BCUT2D eigenvalue weighted by Gasteiger charge is -2.06. The fourth-order valence-electron chi connectivity index (χ4n) is 1.52. The third-order valence-corrected chi connectivity index (χ3v) is 2.48. The number of hydrogen-bond donors (Lipinski definition) is 1. The molecular formula is C11H6F3N3O3. The van der Waals surface area contributed by atoms with Crippen molar-refractivity contribution in [2.45, 2.75) is 6.18 Å². The Morgan fingerprint density at radius 2 is 1.80 bits per heavy atom. The number of nitrogens with one attached hydrogen (secondary N) is 1. The summed E-state index contributed by atoms with van der Waals surface area (Å²) in [4.78, 5) is 20.9. The summed E-state index contributed by atoms with van der Waals surface area (Å²) < 4.78 is 37.7. The van der Waals surface area contributed by atoms with Crippen LogP contribution >= 0.6 is 0 Å². The van der Waals surface area contributed by atoms with Gasteiger partial charge in [0.15, 0.2) is 0 Å². The second kappa shape index (κ2) is 4.76. The van der Waals surface area contributed by atoms with E-state index in [1.54, 1.807) is 5.10 Å². The number of rotatable bonds is 2. The first kappa shape index (κ1) is 13.7. The Labute approximate surface area is 109 Å². The van der Waals surface area contributed by atoms with Crippen LogP contribution in [0.4, 0.5) is 18.9 Å². The zero-order valence-corrected chi connectivity index (χ0v) is 9.64. The number of nitro groups is 1. The maximum Gasteiger partial charge on any atom is 0.421 e. The molecule has 1 aromatic carbocycles. The van der Waals surface area contributed by atoms with E-state index in [9.17, 15) is 28.1 Å². The minimum absolute atomic E-state index is 0.133. The molecule has 0 aliphatic heterocycles. The topological polar surface area (TPSA) is 88.9 Å². The van der Waals surface area contributed by atoms with Gasteiger partial charge < -0.3 is 0 Å². The summed E-state index contributed by atoms with van der Waals surface area (Å²) in [5.41, 5.74) is -2.83. The highest BCUT2D eigenvalue weighted by Crippen LogP contribution is 2.28. The van der Waals surface area contributed by atoms with Gasteiger partial charge in [-0.05, 0) is 18.2 Å². The molecule has 6 nitrogen and oxygen atoms in total. The van der Waals surface area contributed by atoms with E-state index in [0.29, 0.717) is 6.07 Å². The molecule has 0 fully saturated rings. The highest BCUT2D eigenvalue weighted by atomic mass is 19.4. The molecule has 0 aliphatic rings. The van der Waals surface area contributed by atoms with Crippen LogP contribution in [0.25, 0.3) is 11.3 Å². The van der Waals surface area contributed by atoms with E-state index >= 15 is 0 Å². The number of aromatic nitrogens is 2. The number of non-ortho nitro benzene ring substituents is 1. The highest BCUT2D eigenvalue weighted by Gasteiger charge is 2.34. The van der Waals surface area contributed by atoms with Gasteiger partial charge in [0.25, 0.3) is 11.2 Å². The number of halogens is 3. The molecule has 0 atom stereocenters. The standard InChI is InChI=1S/C11H6F3N3O3/c12-11(13,14)8-5-9(15-16-10(8)18)6-1-3-7(4-2-6)17(19)20/h1-5H,(H,16,18). The highest BCUT2D eigenvalue weighted by molar-refractivity contribution is 5.61. The van der Waals surface area contributed by atoms with Gasteiger partial charge in [0.05, 0.1) is 10.6 Å². The zero-order valence-electron chi connectivity index (χ0n) is 9.64. The Balaban J connectivity index is 2.48. The second-order valence-electron chi connectivity index (χ2n) is 3.80. The average molecular weight is 285 g/mol. The molecule has 0 bridgehead atoms. The van der Waals surface area contributed by atoms with Crippen LogP contribution in [0.1, 0.15) is 5.56 Å². The van der Waals surface area contributed by atoms with Gasteiger partial charge in [-0.3, -0.25) is 14.9 Å². The number of hydrogen-bond acceptors (Lipinski definition) is 4. The van der Waals surface area contributed by atoms with Crippen molar-refractivity contribution < 1.29 is 18.1 Å². The van der Waals surface area contributed by atoms with E-state index in [4.69, 9.17) is 0 Å². The molecule has 1 aromatic heterocycles. The maximum absolute atomic E-state index is 12.6. The van der Waals surface area contributed by atoms with Gasteiger partial charge in [-0.15, -0.1) is 0 Å². The lowest BCUT2D eigenvalue weighted by Crippen LogP contribution is -2.22. The van der Waals surface area contributed by atoms with Crippen LogP contribution in [0.5, 0.6) is 0 Å². The fraction of sp³-hybridized carbons (Fsp3) is 0.0909. The van der Waals surface area contributed by atoms with Gasteiger partial charge in [0.1, 0.15) is 5.56 Å². The van der Waals surface area contributed by atoms with E-state index < -0.39 is 22.2 Å². The molecular weight excluding hydrogens is 279 g/mol. The normalized spacial score (nSPS) is 11.3. The van der Waals surface area contributed by atoms with Crippen LogP contribution in [0.3, 0.4) is 0 Å². The van der Waals surface area contributed by atoms with Gasteiger partial charge in [0.2, 0.25) is 0 Å². The van der Waals surface area contributed by atoms with Crippen molar-refractivity contribution in [3.8, 4) is 11.3 Å². The largest absolute Gasteiger partial charge is 0.421 e. The number of alkyl halides is 3. The molecule has 0 saturated heterocycles. The molecule has 0 saturated carbocycles. The Morgan fingerprint density at radius 3 is 2.30 bits per heavy atom. The molecule has 2 aromatic rings. The summed E-state index contributed by atoms with van der Waals surface area (Å²) in [6.07, 6.45) is -4.80. The second-order valence-corrected chi connectivity index (χ2v) is 3.80. The van der Waals surface area contributed by atoms with E-state index in [1.165, 1.54) is 12.1 Å². The van der Waals surface area contributed by atoms with Gasteiger partial charge >= 0.3 is 6.18 Å². The molecule has 0 spiro atoms. The zero-order chi connectivity index (χ0) is 14.9. The summed E-state index contributed by atoms with van der Waals surface area (Å²) in [5.74, 6) is 0. The Morgan fingerprint density at radius 1 is 1.20 bits per heavy atom. The molecule has 20 heavy (non-hydrogen) atoms. The average Bonchev–Trinajstić information content (AvgIpc) is 2.38. The summed E-state index contributed by atoms with van der Waals surface area (Å²) in [7, 11) is 0. The molecule has 0 radical (unpaired) electrons. The summed E-state index contributed by atoms with van der Waals surface area (Å²) in [6.45, 7) is 0. The van der Waals surface area contributed by atoms with Crippen molar-refractivity contribution in [3.05, 3.63) is 56.4 Å². The predicted molar refractivity (Wildman–Crippen MR) is 62.0 cm³/mol. The fourth-order valence-corrected chi connectivity index (χ4v) is 1.52. The molecule has 1 N–H and O–H groups in total. The van der Waals surface area contributed by atoms with E-state index in [2.05, 4.69) is 5.10 Å². The monoisotopic (exact) mass is 285 g/mol. The minimum Gasteiger partial charge on any atom is -0.267 e. The number of nitrogens with zero attached hydrogens (tertiary/aromatic N) is 2. The summed E-state index contributed by atoms with van der Waals surface area (Å²) >= 11 is 0. The molecule has 0 amide bonds. The van der Waals surface area contributed by atoms with Crippen molar-refractivity contribution in [2.24, 2.45) is 0 Å². The van der Waals surface area contributed by atoms with Crippen LogP contribution < -0.4 is 5.56 Å². The molecule has 104 valence electrons. The first-order chi connectivity index (χ1) is 9.29. The molecule has 9 heteroatoms. The van der Waals surface area contributed by atoms with E-state index in [0.717, 1.165) is 12.1 Å². The lowest BCUT2D eigenvalue weighted by molar-refractivity contribution is -0.384. The van der Waals surface area contributed by atoms with Crippen molar-refractivity contribution in [1.29, 1.82) is 0 Å². The van der Waals surface area contributed by atoms with Gasteiger partial charge in [-0.1, -0.05) is 0 Å². The van der Waals surface area contributed by atoms with Crippen molar-refractivity contribution >= 4 is 5.69 Å². The van der Waals surface area contributed by atoms with Crippen LogP contribution in [-0.2, 0) is 6.18 Å². The number of aromatic amines is 1. The van der Waals surface area contributed by atoms with Crippen LogP contribution in [0.2, 0.25) is 0 Å². The molecule has 0 unspecified atom stereocenters. The Hall–Kier alpha value is -2.71. The van der Waals surface area contributed by atoms with Crippen molar-refractivity contribution in [2.75, 3.05) is 0 Å². The summed E-state index contributed by atoms with van der Waals surface area (Å²) in [6, 6.07) is 5.36.